The number of hydrogen-bond acceptors (Lipinski definition) is 2. The van der Waals surface area contributed by atoms with Gasteiger partial charge in [0.15, 0.2) is 0 Å². The fourth-order valence-corrected chi connectivity index (χ4v) is 2.89. The van der Waals surface area contributed by atoms with Crippen molar-refractivity contribution in [2.75, 3.05) is 0 Å². The fourth-order valence-electron chi connectivity index (χ4n) is 1.78. The molecule has 0 aromatic heterocycles. The van der Waals surface area contributed by atoms with Gasteiger partial charge in [-0.05, 0) is 30.7 Å². The predicted octanol–water partition coefficient (Wildman–Crippen LogP) is 2.90. The fraction of sp³-hybridized carbons (Fsp3) is 0.200. The average molecular weight is 277 g/mol. The minimum absolute atomic E-state index is 0.169. The Kier molecular flexibility index (Phi) is 4.45. The molecule has 0 aliphatic carbocycles. The molecule has 0 amide bonds. The van der Waals surface area contributed by atoms with Crippen LogP contribution in [0.2, 0.25) is 0 Å². The van der Waals surface area contributed by atoms with Crippen molar-refractivity contribution in [2.24, 2.45) is 5.73 Å². The molecule has 2 nitrogen and oxygen atoms in total. The van der Waals surface area contributed by atoms with Crippen molar-refractivity contribution in [3.8, 4) is 0 Å². The van der Waals surface area contributed by atoms with E-state index in [1.54, 1.807) is 12.1 Å². The normalized spacial score (nSPS) is 12.4. The van der Waals surface area contributed by atoms with E-state index in [0.717, 1.165) is 11.1 Å². The summed E-state index contributed by atoms with van der Waals surface area (Å²) < 4.78 is 25.9. The smallest absolute Gasteiger partial charge is 0.127 e. The van der Waals surface area contributed by atoms with Gasteiger partial charge < -0.3 is 5.73 Å². The minimum atomic E-state index is -1.24. The maximum Gasteiger partial charge on any atom is 0.127 e. The van der Waals surface area contributed by atoms with Crippen molar-refractivity contribution in [3.63, 3.8) is 0 Å². The molecular weight excluding hydrogens is 261 g/mol. The van der Waals surface area contributed by atoms with Crippen LogP contribution in [-0.2, 0) is 23.1 Å². The largest absolute Gasteiger partial charge is 0.326 e. The first-order valence-corrected chi connectivity index (χ1v) is 7.34. The van der Waals surface area contributed by atoms with Crippen molar-refractivity contribution in [1.29, 1.82) is 0 Å². The standard InChI is InChI=1S/C15H16FNOS/c1-11-2-5-14(6-3-11)19(18)10-13-8-12(9-17)4-7-15(13)16/h2-8H,9-10,17H2,1H3. The highest BCUT2D eigenvalue weighted by Gasteiger charge is 2.09. The van der Waals surface area contributed by atoms with Crippen molar-refractivity contribution >= 4 is 10.8 Å². The van der Waals surface area contributed by atoms with Gasteiger partial charge in [0.1, 0.15) is 5.82 Å². The molecule has 2 aromatic rings. The Bertz CT molecular complexity index is 596. The van der Waals surface area contributed by atoms with Gasteiger partial charge in [0.05, 0.1) is 16.6 Å². The van der Waals surface area contributed by atoms with E-state index in [2.05, 4.69) is 0 Å². The molecule has 0 fully saturated rings. The maximum absolute atomic E-state index is 13.7. The molecule has 0 heterocycles. The van der Waals surface area contributed by atoms with Crippen LogP contribution in [0.25, 0.3) is 0 Å². The van der Waals surface area contributed by atoms with Crippen molar-refractivity contribution in [3.05, 3.63) is 65.0 Å². The van der Waals surface area contributed by atoms with Crippen molar-refractivity contribution in [1.82, 2.24) is 0 Å². The Morgan fingerprint density at radius 1 is 1.16 bits per heavy atom. The molecule has 100 valence electrons. The highest BCUT2D eigenvalue weighted by molar-refractivity contribution is 7.84. The van der Waals surface area contributed by atoms with E-state index in [4.69, 9.17) is 5.73 Å². The third kappa shape index (κ3) is 3.49. The van der Waals surface area contributed by atoms with Crippen LogP contribution in [0.3, 0.4) is 0 Å². The van der Waals surface area contributed by atoms with Crippen LogP contribution in [0.4, 0.5) is 4.39 Å². The lowest BCUT2D eigenvalue weighted by molar-refractivity contribution is 0.614. The number of hydrogen-bond donors (Lipinski definition) is 1. The lowest BCUT2D eigenvalue weighted by atomic mass is 10.1. The monoisotopic (exact) mass is 277 g/mol. The van der Waals surface area contributed by atoms with E-state index in [0.29, 0.717) is 17.0 Å². The number of aryl methyl sites for hydroxylation is 1. The van der Waals surface area contributed by atoms with Gasteiger partial charge in [0.25, 0.3) is 0 Å². The number of benzene rings is 2. The van der Waals surface area contributed by atoms with Gasteiger partial charge in [-0.25, -0.2) is 4.39 Å². The zero-order valence-electron chi connectivity index (χ0n) is 10.7. The second-order valence-corrected chi connectivity index (χ2v) is 5.88. The lowest BCUT2D eigenvalue weighted by Crippen LogP contribution is -2.02. The first-order chi connectivity index (χ1) is 9.10. The van der Waals surface area contributed by atoms with Crippen LogP contribution >= 0.6 is 0 Å². The molecular formula is C15H16FNOS. The van der Waals surface area contributed by atoms with Gasteiger partial charge in [-0.1, -0.05) is 29.8 Å². The van der Waals surface area contributed by atoms with E-state index in [-0.39, 0.29) is 11.6 Å². The van der Waals surface area contributed by atoms with Gasteiger partial charge in [0.2, 0.25) is 0 Å². The van der Waals surface area contributed by atoms with E-state index >= 15 is 0 Å². The lowest BCUT2D eigenvalue weighted by Gasteiger charge is -2.06. The van der Waals surface area contributed by atoms with Crippen molar-refractivity contribution < 1.29 is 8.60 Å². The van der Waals surface area contributed by atoms with Gasteiger partial charge in [-0.2, -0.15) is 0 Å². The van der Waals surface area contributed by atoms with Gasteiger partial charge >= 0.3 is 0 Å². The Morgan fingerprint density at radius 3 is 2.47 bits per heavy atom. The molecule has 2 N–H and O–H groups in total. The first-order valence-electron chi connectivity index (χ1n) is 6.02. The molecule has 0 bridgehead atoms. The summed E-state index contributed by atoms with van der Waals surface area (Å²) in [5.41, 5.74) is 7.93. The van der Waals surface area contributed by atoms with Gasteiger partial charge in [0, 0.05) is 17.0 Å². The second-order valence-electron chi connectivity index (χ2n) is 4.43. The van der Waals surface area contributed by atoms with E-state index in [1.807, 2.05) is 31.2 Å². The predicted molar refractivity (Wildman–Crippen MR) is 75.6 cm³/mol. The number of nitrogens with two attached hydrogens (primary N) is 1. The molecule has 0 spiro atoms. The topological polar surface area (TPSA) is 43.1 Å². The summed E-state index contributed by atoms with van der Waals surface area (Å²) >= 11 is 0. The van der Waals surface area contributed by atoms with Crippen molar-refractivity contribution in [2.45, 2.75) is 24.1 Å². The quantitative estimate of drug-likeness (QED) is 0.933. The van der Waals surface area contributed by atoms with Gasteiger partial charge in [-0.15, -0.1) is 0 Å². The zero-order chi connectivity index (χ0) is 13.8. The zero-order valence-corrected chi connectivity index (χ0v) is 11.5. The minimum Gasteiger partial charge on any atom is -0.326 e. The summed E-state index contributed by atoms with van der Waals surface area (Å²) in [6.07, 6.45) is 0. The molecule has 0 aliphatic rings. The van der Waals surface area contributed by atoms with E-state index in [9.17, 15) is 8.60 Å². The van der Waals surface area contributed by atoms with Gasteiger partial charge in [-0.3, -0.25) is 4.21 Å². The molecule has 0 aliphatic heterocycles. The summed E-state index contributed by atoms with van der Waals surface area (Å²) in [6.45, 7) is 2.32. The average Bonchev–Trinajstić information content (AvgIpc) is 2.42. The molecule has 4 heteroatoms. The Morgan fingerprint density at radius 2 is 1.84 bits per heavy atom. The maximum atomic E-state index is 13.7. The van der Waals surface area contributed by atoms with Crippen LogP contribution in [0.1, 0.15) is 16.7 Å². The molecule has 0 saturated heterocycles. The highest BCUT2D eigenvalue weighted by Crippen LogP contribution is 2.17. The summed E-state index contributed by atoms with van der Waals surface area (Å²) in [5, 5.41) is 0. The van der Waals surface area contributed by atoms with E-state index < -0.39 is 10.8 Å². The third-order valence-corrected chi connectivity index (χ3v) is 4.29. The molecule has 2 aromatic carbocycles. The highest BCUT2D eigenvalue weighted by atomic mass is 32.2. The SMILES string of the molecule is Cc1ccc(S(=O)Cc2cc(CN)ccc2F)cc1. The van der Waals surface area contributed by atoms with Crippen LogP contribution in [0.15, 0.2) is 47.4 Å². The number of rotatable bonds is 4. The Balaban J connectivity index is 2.21. The van der Waals surface area contributed by atoms with Crippen LogP contribution in [0, 0.1) is 12.7 Å². The summed E-state index contributed by atoms with van der Waals surface area (Å²) in [5.74, 6) is -0.166. The second kappa shape index (κ2) is 6.08. The Hall–Kier alpha value is -1.52. The summed E-state index contributed by atoms with van der Waals surface area (Å²) in [6, 6.07) is 12.1. The molecule has 1 atom stereocenters. The van der Waals surface area contributed by atoms with Crippen LogP contribution in [0.5, 0.6) is 0 Å². The molecule has 19 heavy (non-hydrogen) atoms. The Labute approximate surface area is 114 Å². The third-order valence-electron chi connectivity index (χ3n) is 2.92. The van der Waals surface area contributed by atoms with Crippen LogP contribution < -0.4 is 5.73 Å². The summed E-state index contributed by atoms with van der Waals surface area (Å²) in [4.78, 5) is 0.711. The van der Waals surface area contributed by atoms with Crippen LogP contribution in [-0.4, -0.2) is 4.21 Å². The number of halogens is 1. The molecule has 0 saturated carbocycles. The van der Waals surface area contributed by atoms with E-state index in [1.165, 1.54) is 6.07 Å². The molecule has 1 unspecified atom stereocenters. The summed E-state index contributed by atoms with van der Waals surface area (Å²) in [7, 11) is -1.24. The first kappa shape index (κ1) is 13.9. The molecule has 0 radical (unpaired) electrons. The molecule has 2 rings (SSSR count).